The minimum absolute atomic E-state index is 0.0105. The van der Waals surface area contributed by atoms with E-state index in [1.807, 2.05) is 0 Å². The number of nitrogens with zero attached hydrogens (tertiary/aromatic N) is 1. The Morgan fingerprint density at radius 1 is 1.24 bits per heavy atom. The molecule has 21 heavy (non-hydrogen) atoms. The molecule has 0 spiro atoms. The van der Waals surface area contributed by atoms with Crippen molar-refractivity contribution < 1.29 is 14.7 Å². The third-order valence-electron chi connectivity index (χ3n) is 2.71. The molecule has 0 saturated carbocycles. The molecular weight excluding hydrogens is 315 g/mol. The van der Waals surface area contributed by atoms with E-state index in [1.54, 1.807) is 13.0 Å². The van der Waals surface area contributed by atoms with Crippen molar-refractivity contribution in [1.29, 1.82) is 0 Å². The number of pyridine rings is 1. The van der Waals surface area contributed by atoms with Crippen LogP contribution in [0.2, 0.25) is 10.2 Å². The molecule has 1 heterocycles. The van der Waals surface area contributed by atoms with Gasteiger partial charge in [0.1, 0.15) is 5.15 Å². The topological polar surface area (TPSA) is 79.3 Å². The standard InChI is InChI=1S/C14H10Cl2N2O3/c1-7-2-3-11(9(4-7)14(20)21)18-13(19)8-5-10(15)12(16)17-6-8/h2-6H,1H3,(H,18,19)(H,20,21). The van der Waals surface area contributed by atoms with Crippen molar-refractivity contribution in [3.8, 4) is 0 Å². The smallest absolute Gasteiger partial charge is 0.337 e. The Morgan fingerprint density at radius 2 is 1.95 bits per heavy atom. The van der Waals surface area contributed by atoms with Gasteiger partial charge in [-0.3, -0.25) is 4.79 Å². The second-order valence-corrected chi connectivity index (χ2v) is 5.07. The zero-order valence-corrected chi connectivity index (χ0v) is 12.4. The van der Waals surface area contributed by atoms with Gasteiger partial charge in [-0.05, 0) is 25.1 Å². The molecule has 0 fully saturated rings. The predicted molar refractivity (Wildman–Crippen MR) is 80.3 cm³/mol. The number of aromatic nitrogens is 1. The minimum Gasteiger partial charge on any atom is -0.478 e. The number of nitrogens with one attached hydrogen (secondary N) is 1. The summed E-state index contributed by atoms with van der Waals surface area (Å²) in [7, 11) is 0. The number of anilines is 1. The van der Waals surface area contributed by atoms with E-state index in [4.69, 9.17) is 28.3 Å². The SMILES string of the molecule is Cc1ccc(NC(=O)c2cnc(Cl)c(Cl)c2)c(C(=O)O)c1. The number of benzene rings is 1. The van der Waals surface area contributed by atoms with E-state index in [-0.39, 0.29) is 27.0 Å². The normalized spacial score (nSPS) is 10.2. The molecule has 108 valence electrons. The van der Waals surface area contributed by atoms with Crippen molar-refractivity contribution in [3.05, 3.63) is 57.3 Å². The maximum Gasteiger partial charge on any atom is 0.337 e. The molecule has 2 N–H and O–H groups in total. The molecule has 1 aromatic heterocycles. The molecule has 1 aromatic carbocycles. The van der Waals surface area contributed by atoms with Crippen molar-refractivity contribution in [3.63, 3.8) is 0 Å². The average molecular weight is 325 g/mol. The number of rotatable bonds is 3. The molecule has 0 aliphatic heterocycles. The van der Waals surface area contributed by atoms with Crippen LogP contribution in [0, 0.1) is 6.92 Å². The molecule has 5 nitrogen and oxygen atoms in total. The van der Waals surface area contributed by atoms with E-state index in [2.05, 4.69) is 10.3 Å². The quantitative estimate of drug-likeness (QED) is 0.844. The van der Waals surface area contributed by atoms with Gasteiger partial charge < -0.3 is 10.4 Å². The van der Waals surface area contributed by atoms with Crippen LogP contribution in [0.15, 0.2) is 30.5 Å². The minimum atomic E-state index is -1.12. The van der Waals surface area contributed by atoms with Crippen molar-refractivity contribution in [1.82, 2.24) is 4.98 Å². The summed E-state index contributed by atoms with van der Waals surface area (Å²) in [5.74, 6) is -1.64. The van der Waals surface area contributed by atoms with Gasteiger partial charge in [0, 0.05) is 6.20 Å². The highest BCUT2D eigenvalue weighted by Gasteiger charge is 2.15. The van der Waals surface area contributed by atoms with Gasteiger partial charge in [-0.25, -0.2) is 9.78 Å². The van der Waals surface area contributed by atoms with Crippen molar-refractivity contribution >= 4 is 40.8 Å². The summed E-state index contributed by atoms with van der Waals surface area (Å²) < 4.78 is 0. The van der Waals surface area contributed by atoms with Crippen LogP contribution in [-0.4, -0.2) is 22.0 Å². The molecule has 0 atom stereocenters. The van der Waals surface area contributed by atoms with Crippen LogP contribution in [0.1, 0.15) is 26.3 Å². The number of amides is 1. The second kappa shape index (κ2) is 6.11. The Bertz CT molecular complexity index is 732. The van der Waals surface area contributed by atoms with E-state index in [1.165, 1.54) is 24.4 Å². The van der Waals surface area contributed by atoms with Crippen LogP contribution in [0.3, 0.4) is 0 Å². The molecule has 1 amide bonds. The zero-order valence-electron chi connectivity index (χ0n) is 10.9. The number of carbonyl (C=O) groups is 2. The number of carbonyl (C=O) groups excluding carboxylic acids is 1. The lowest BCUT2D eigenvalue weighted by Crippen LogP contribution is -2.15. The van der Waals surface area contributed by atoms with Crippen LogP contribution in [0.25, 0.3) is 0 Å². The third-order valence-corrected chi connectivity index (χ3v) is 3.40. The first-order valence-corrected chi connectivity index (χ1v) is 6.60. The molecule has 2 rings (SSSR count). The van der Waals surface area contributed by atoms with E-state index >= 15 is 0 Å². The van der Waals surface area contributed by atoms with Crippen molar-refractivity contribution in [2.75, 3.05) is 5.32 Å². The Kier molecular flexibility index (Phi) is 4.45. The van der Waals surface area contributed by atoms with E-state index in [0.717, 1.165) is 5.56 Å². The van der Waals surface area contributed by atoms with Gasteiger partial charge in [0.2, 0.25) is 0 Å². The summed E-state index contributed by atoms with van der Waals surface area (Å²) in [5, 5.41) is 11.9. The largest absolute Gasteiger partial charge is 0.478 e. The Labute approximate surface area is 130 Å². The van der Waals surface area contributed by atoms with E-state index < -0.39 is 11.9 Å². The highest BCUT2D eigenvalue weighted by Crippen LogP contribution is 2.22. The number of aromatic carboxylic acids is 1. The molecule has 0 unspecified atom stereocenters. The Morgan fingerprint density at radius 3 is 2.57 bits per heavy atom. The van der Waals surface area contributed by atoms with Crippen molar-refractivity contribution in [2.45, 2.75) is 6.92 Å². The number of carboxylic acid groups (broad SMARTS) is 1. The number of aryl methyl sites for hydroxylation is 1. The number of hydrogen-bond donors (Lipinski definition) is 2. The molecule has 0 aliphatic rings. The first-order chi connectivity index (χ1) is 9.88. The maximum absolute atomic E-state index is 12.1. The summed E-state index contributed by atoms with van der Waals surface area (Å²) in [6, 6.07) is 6.07. The van der Waals surface area contributed by atoms with Crippen LogP contribution in [-0.2, 0) is 0 Å². The fourth-order valence-electron chi connectivity index (χ4n) is 1.68. The lowest BCUT2D eigenvalue weighted by Gasteiger charge is -2.09. The highest BCUT2D eigenvalue weighted by molar-refractivity contribution is 6.41. The fourth-order valence-corrected chi connectivity index (χ4v) is 1.95. The van der Waals surface area contributed by atoms with Crippen LogP contribution < -0.4 is 5.32 Å². The van der Waals surface area contributed by atoms with Crippen LogP contribution in [0.4, 0.5) is 5.69 Å². The first-order valence-electron chi connectivity index (χ1n) is 5.85. The second-order valence-electron chi connectivity index (χ2n) is 4.30. The molecule has 0 aliphatic carbocycles. The third kappa shape index (κ3) is 3.51. The highest BCUT2D eigenvalue weighted by atomic mass is 35.5. The predicted octanol–water partition coefficient (Wildman–Crippen LogP) is 3.65. The zero-order chi connectivity index (χ0) is 15.6. The monoisotopic (exact) mass is 324 g/mol. The van der Waals surface area contributed by atoms with Gasteiger partial charge >= 0.3 is 5.97 Å². The fraction of sp³-hybridized carbons (Fsp3) is 0.0714. The van der Waals surface area contributed by atoms with Crippen molar-refractivity contribution in [2.24, 2.45) is 0 Å². The molecule has 0 saturated heterocycles. The molecule has 2 aromatic rings. The molecule has 0 radical (unpaired) electrons. The summed E-state index contributed by atoms with van der Waals surface area (Å²) >= 11 is 11.5. The maximum atomic E-state index is 12.1. The number of halogens is 2. The van der Waals surface area contributed by atoms with Gasteiger partial charge in [-0.1, -0.05) is 34.8 Å². The van der Waals surface area contributed by atoms with Gasteiger partial charge in [0.05, 0.1) is 21.8 Å². The number of carboxylic acids is 1. The summed E-state index contributed by atoms with van der Waals surface area (Å²) in [5.41, 5.74) is 1.17. The van der Waals surface area contributed by atoms with Gasteiger partial charge in [-0.15, -0.1) is 0 Å². The van der Waals surface area contributed by atoms with Gasteiger partial charge in [0.15, 0.2) is 0 Å². The molecule has 0 bridgehead atoms. The Hall–Kier alpha value is -2.11. The summed E-state index contributed by atoms with van der Waals surface area (Å²) in [6.45, 7) is 1.76. The number of hydrogen-bond acceptors (Lipinski definition) is 3. The lowest BCUT2D eigenvalue weighted by atomic mass is 10.1. The van der Waals surface area contributed by atoms with E-state index in [0.29, 0.717) is 0 Å². The summed E-state index contributed by atoms with van der Waals surface area (Å²) in [4.78, 5) is 27.0. The van der Waals surface area contributed by atoms with Crippen LogP contribution >= 0.6 is 23.2 Å². The lowest BCUT2D eigenvalue weighted by molar-refractivity contribution is 0.0698. The van der Waals surface area contributed by atoms with Gasteiger partial charge in [0.25, 0.3) is 5.91 Å². The average Bonchev–Trinajstić information content (AvgIpc) is 2.43. The summed E-state index contributed by atoms with van der Waals surface area (Å²) in [6.07, 6.45) is 1.26. The molecular formula is C14H10Cl2N2O3. The van der Waals surface area contributed by atoms with Gasteiger partial charge in [-0.2, -0.15) is 0 Å². The van der Waals surface area contributed by atoms with Crippen LogP contribution in [0.5, 0.6) is 0 Å². The molecule has 7 heteroatoms. The van der Waals surface area contributed by atoms with E-state index in [9.17, 15) is 9.59 Å². The Balaban J connectivity index is 2.31. The first kappa shape index (κ1) is 15.3.